The summed E-state index contributed by atoms with van der Waals surface area (Å²) < 4.78 is 1.82. The highest BCUT2D eigenvalue weighted by Crippen LogP contribution is 2.21. The van der Waals surface area contributed by atoms with E-state index in [1.54, 1.807) is 0 Å². The molecule has 0 aliphatic heterocycles. The number of nitrogens with zero attached hydrogens (tertiary/aromatic N) is 2. The van der Waals surface area contributed by atoms with E-state index in [0.717, 1.165) is 12.2 Å². The Morgan fingerprint density at radius 2 is 2.18 bits per heavy atom. The van der Waals surface area contributed by atoms with Gasteiger partial charge < -0.3 is 5.32 Å². The van der Waals surface area contributed by atoms with Crippen molar-refractivity contribution in [2.24, 2.45) is 0 Å². The van der Waals surface area contributed by atoms with Crippen LogP contribution in [0.2, 0.25) is 5.02 Å². The fraction of sp³-hybridized carbons (Fsp3) is 0.308. The fourth-order valence-electron chi connectivity index (χ4n) is 1.78. The van der Waals surface area contributed by atoms with Gasteiger partial charge in [-0.2, -0.15) is 5.10 Å². The van der Waals surface area contributed by atoms with Crippen LogP contribution in [0.25, 0.3) is 5.69 Å². The molecule has 0 spiro atoms. The lowest BCUT2D eigenvalue weighted by Crippen LogP contribution is -2.14. The topological polar surface area (TPSA) is 29.9 Å². The van der Waals surface area contributed by atoms with Crippen molar-refractivity contribution in [1.29, 1.82) is 0 Å². The van der Waals surface area contributed by atoms with E-state index in [1.807, 2.05) is 48.4 Å². The predicted octanol–water partition coefficient (Wildman–Crippen LogP) is 2.85. The van der Waals surface area contributed by atoms with Crippen LogP contribution in [0, 0.1) is 0 Å². The summed E-state index contributed by atoms with van der Waals surface area (Å²) in [7, 11) is 1.95. The van der Waals surface area contributed by atoms with Crippen LogP contribution in [0.15, 0.2) is 36.7 Å². The van der Waals surface area contributed by atoms with Crippen LogP contribution >= 0.6 is 11.6 Å². The Bertz CT molecular complexity index is 493. The van der Waals surface area contributed by atoms with Crippen molar-refractivity contribution in [2.45, 2.75) is 12.8 Å². The molecule has 4 heteroatoms. The maximum atomic E-state index is 6.14. The van der Waals surface area contributed by atoms with Gasteiger partial charge in [0, 0.05) is 12.7 Å². The fourth-order valence-corrected chi connectivity index (χ4v) is 2.01. The summed E-state index contributed by atoms with van der Waals surface area (Å²) in [6.45, 7) is 3.11. The normalized spacial score (nSPS) is 12.6. The third-order valence-electron chi connectivity index (χ3n) is 2.78. The highest BCUT2D eigenvalue weighted by atomic mass is 35.5. The van der Waals surface area contributed by atoms with Crippen molar-refractivity contribution in [1.82, 2.24) is 15.1 Å². The molecule has 0 bridgehead atoms. The molecule has 0 saturated heterocycles. The maximum Gasteiger partial charge on any atom is 0.0831 e. The zero-order valence-corrected chi connectivity index (χ0v) is 10.8. The number of benzene rings is 1. The number of hydrogen-bond acceptors (Lipinski definition) is 2. The SMILES string of the molecule is CNCC(C)c1cnn(-c2ccccc2Cl)c1. The lowest BCUT2D eigenvalue weighted by atomic mass is 10.1. The summed E-state index contributed by atoms with van der Waals surface area (Å²) in [6, 6.07) is 7.70. The van der Waals surface area contributed by atoms with Crippen LogP contribution in [0.5, 0.6) is 0 Å². The number of rotatable bonds is 4. The first-order valence-corrected chi connectivity index (χ1v) is 6.04. The minimum Gasteiger partial charge on any atom is -0.319 e. The molecule has 0 amide bonds. The van der Waals surface area contributed by atoms with Gasteiger partial charge in [0.15, 0.2) is 0 Å². The number of para-hydroxylation sites is 1. The zero-order chi connectivity index (χ0) is 12.3. The summed E-state index contributed by atoms with van der Waals surface area (Å²) in [5.74, 6) is 0.441. The average Bonchev–Trinajstić information content (AvgIpc) is 2.79. The van der Waals surface area contributed by atoms with Crippen LogP contribution in [0.4, 0.5) is 0 Å². The van der Waals surface area contributed by atoms with Gasteiger partial charge in [0.1, 0.15) is 0 Å². The summed E-state index contributed by atoms with van der Waals surface area (Å²) in [6.07, 6.45) is 3.93. The highest BCUT2D eigenvalue weighted by Gasteiger charge is 2.09. The van der Waals surface area contributed by atoms with Crippen LogP contribution < -0.4 is 5.32 Å². The Kier molecular flexibility index (Phi) is 3.82. The Hall–Kier alpha value is -1.32. The van der Waals surface area contributed by atoms with Gasteiger partial charge in [0.2, 0.25) is 0 Å². The molecule has 1 unspecified atom stereocenters. The van der Waals surface area contributed by atoms with Crippen molar-refractivity contribution in [3.05, 3.63) is 47.2 Å². The number of aromatic nitrogens is 2. The molecular formula is C13H16ClN3. The lowest BCUT2D eigenvalue weighted by Gasteiger charge is -2.07. The zero-order valence-electron chi connectivity index (χ0n) is 10.0. The minimum absolute atomic E-state index is 0.441. The molecule has 1 atom stereocenters. The molecule has 90 valence electrons. The van der Waals surface area contributed by atoms with E-state index in [0.29, 0.717) is 10.9 Å². The van der Waals surface area contributed by atoms with Crippen LogP contribution in [0.1, 0.15) is 18.4 Å². The molecule has 1 aromatic carbocycles. The van der Waals surface area contributed by atoms with Gasteiger partial charge in [-0.3, -0.25) is 0 Å². The van der Waals surface area contributed by atoms with E-state index in [1.165, 1.54) is 5.56 Å². The molecule has 2 rings (SSSR count). The quantitative estimate of drug-likeness (QED) is 0.903. The van der Waals surface area contributed by atoms with Crippen LogP contribution in [-0.2, 0) is 0 Å². The monoisotopic (exact) mass is 249 g/mol. The van der Waals surface area contributed by atoms with E-state index < -0.39 is 0 Å². The van der Waals surface area contributed by atoms with Crippen molar-refractivity contribution in [2.75, 3.05) is 13.6 Å². The number of hydrogen-bond donors (Lipinski definition) is 1. The first kappa shape index (κ1) is 12.1. The molecule has 0 fully saturated rings. The van der Waals surface area contributed by atoms with Crippen molar-refractivity contribution in [3.63, 3.8) is 0 Å². The largest absolute Gasteiger partial charge is 0.319 e. The van der Waals surface area contributed by atoms with E-state index in [2.05, 4.69) is 17.3 Å². The maximum absolute atomic E-state index is 6.14. The van der Waals surface area contributed by atoms with Crippen molar-refractivity contribution < 1.29 is 0 Å². The number of likely N-dealkylation sites (N-methyl/N-ethyl adjacent to an activating group) is 1. The minimum atomic E-state index is 0.441. The van der Waals surface area contributed by atoms with Gasteiger partial charge in [-0.25, -0.2) is 4.68 Å². The Balaban J connectivity index is 2.27. The van der Waals surface area contributed by atoms with Crippen LogP contribution in [-0.4, -0.2) is 23.4 Å². The molecule has 1 N–H and O–H groups in total. The molecule has 1 heterocycles. The third-order valence-corrected chi connectivity index (χ3v) is 3.10. The summed E-state index contributed by atoms with van der Waals surface area (Å²) in [4.78, 5) is 0. The first-order chi connectivity index (χ1) is 8.22. The smallest absolute Gasteiger partial charge is 0.0831 e. The molecule has 17 heavy (non-hydrogen) atoms. The predicted molar refractivity (Wildman–Crippen MR) is 70.9 cm³/mol. The van der Waals surface area contributed by atoms with Gasteiger partial charge in [-0.1, -0.05) is 30.7 Å². The Morgan fingerprint density at radius 3 is 2.88 bits per heavy atom. The van der Waals surface area contributed by atoms with Crippen molar-refractivity contribution >= 4 is 11.6 Å². The third kappa shape index (κ3) is 2.68. The Morgan fingerprint density at radius 1 is 1.41 bits per heavy atom. The van der Waals surface area contributed by atoms with Gasteiger partial charge in [-0.05, 0) is 30.7 Å². The molecule has 0 aliphatic rings. The second-order valence-electron chi connectivity index (χ2n) is 4.13. The van der Waals surface area contributed by atoms with E-state index >= 15 is 0 Å². The second-order valence-corrected chi connectivity index (χ2v) is 4.54. The van der Waals surface area contributed by atoms with Crippen molar-refractivity contribution in [3.8, 4) is 5.69 Å². The molecule has 2 aromatic rings. The average molecular weight is 250 g/mol. The standard InChI is InChI=1S/C13H16ClN3/c1-10(7-15-2)11-8-16-17(9-11)13-6-4-3-5-12(13)14/h3-6,8-10,15H,7H2,1-2H3. The summed E-state index contributed by atoms with van der Waals surface area (Å²) in [5, 5.41) is 8.23. The van der Waals surface area contributed by atoms with E-state index in [9.17, 15) is 0 Å². The Labute approximate surface area is 106 Å². The molecule has 0 aliphatic carbocycles. The summed E-state index contributed by atoms with van der Waals surface area (Å²) >= 11 is 6.14. The second kappa shape index (κ2) is 5.34. The van der Waals surface area contributed by atoms with E-state index in [4.69, 9.17) is 11.6 Å². The van der Waals surface area contributed by atoms with Gasteiger partial charge in [0.25, 0.3) is 0 Å². The van der Waals surface area contributed by atoms with E-state index in [-0.39, 0.29) is 0 Å². The van der Waals surface area contributed by atoms with Gasteiger partial charge in [0.05, 0.1) is 16.9 Å². The highest BCUT2D eigenvalue weighted by molar-refractivity contribution is 6.32. The van der Waals surface area contributed by atoms with Crippen LogP contribution in [0.3, 0.4) is 0 Å². The number of halogens is 1. The summed E-state index contributed by atoms with van der Waals surface area (Å²) in [5.41, 5.74) is 2.12. The molecule has 3 nitrogen and oxygen atoms in total. The lowest BCUT2D eigenvalue weighted by molar-refractivity contribution is 0.677. The molecule has 1 aromatic heterocycles. The molecule has 0 saturated carbocycles. The van der Waals surface area contributed by atoms with Gasteiger partial charge >= 0.3 is 0 Å². The molecular weight excluding hydrogens is 234 g/mol. The van der Waals surface area contributed by atoms with Gasteiger partial charge in [-0.15, -0.1) is 0 Å². The first-order valence-electron chi connectivity index (χ1n) is 5.66. The molecule has 0 radical (unpaired) electrons. The number of nitrogens with one attached hydrogen (secondary N) is 1.